The van der Waals surface area contributed by atoms with Crippen LogP contribution in [0.3, 0.4) is 0 Å². The summed E-state index contributed by atoms with van der Waals surface area (Å²) in [5.74, 6) is 1.76. The molecule has 37 heavy (non-hydrogen) atoms. The van der Waals surface area contributed by atoms with Gasteiger partial charge >= 0.3 is 6.03 Å². The molecule has 0 radical (unpaired) electrons. The summed E-state index contributed by atoms with van der Waals surface area (Å²) < 4.78 is 10.8. The zero-order valence-electron chi connectivity index (χ0n) is 21.5. The molecule has 4 aromatic carbocycles. The van der Waals surface area contributed by atoms with E-state index in [4.69, 9.17) is 9.47 Å². The first kappa shape index (κ1) is 25.8. The third kappa shape index (κ3) is 7.37. The van der Waals surface area contributed by atoms with Gasteiger partial charge in [0.25, 0.3) is 0 Å². The molecule has 0 heterocycles. The summed E-state index contributed by atoms with van der Waals surface area (Å²) in [6.45, 7) is 3.67. The Bertz CT molecular complexity index is 1190. The van der Waals surface area contributed by atoms with Crippen molar-refractivity contribution in [2.75, 3.05) is 25.6 Å². The van der Waals surface area contributed by atoms with Crippen LogP contribution in [0.15, 0.2) is 109 Å². The number of ether oxygens (including phenoxy) is 2. The quantitative estimate of drug-likeness (QED) is 0.237. The fraction of sp³-hybridized carbons (Fsp3) is 0.219. The molecule has 0 aliphatic carbocycles. The smallest absolute Gasteiger partial charge is 0.322 e. The molecule has 0 atom stereocenters. The fourth-order valence-electron chi connectivity index (χ4n) is 4.39. The van der Waals surface area contributed by atoms with Gasteiger partial charge in [-0.25, -0.2) is 4.79 Å². The molecular formula is C32H34N2O3. The Labute approximate surface area is 219 Å². The van der Waals surface area contributed by atoms with E-state index in [9.17, 15) is 4.79 Å². The zero-order valence-corrected chi connectivity index (χ0v) is 21.5. The lowest BCUT2D eigenvalue weighted by Gasteiger charge is -2.26. The Balaban J connectivity index is 1.55. The van der Waals surface area contributed by atoms with E-state index in [2.05, 4.69) is 53.8 Å². The predicted molar refractivity (Wildman–Crippen MR) is 149 cm³/mol. The molecule has 5 nitrogen and oxygen atoms in total. The van der Waals surface area contributed by atoms with Crippen molar-refractivity contribution in [3.8, 4) is 11.5 Å². The number of benzene rings is 4. The van der Waals surface area contributed by atoms with Gasteiger partial charge < -0.3 is 19.7 Å². The van der Waals surface area contributed by atoms with Crippen LogP contribution < -0.4 is 14.8 Å². The van der Waals surface area contributed by atoms with Gasteiger partial charge in [0, 0.05) is 24.7 Å². The molecule has 0 aliphatic rings. The number of hydrogen-bond acceptors (Lipinski definition) is 3. The Morgan fingerprint density at radius 3 is 1.89 bits per heavy atom. The maximum absolute atomic E-state index is 13.5. The van der Waals surface area contributed by atoms with Crippen molar-refractivity contribution in [2.45, 2.75) is 25.8 Å². The monoisotopic (exact) mass is 494 g/mol. The van der Waals surface area contributed by atoms with E-state index in [1.165, 1.54) is 11.1 Å². The first-order valence-electron chi connectivity index (χ1n) is 12.7. The SMILES string of the molecule is CCOc1ccc(CN(CCC(c2ccccc2)c2ccccc2)C(=O)Nc2ccc(OC)cc2)cc1. The van der Waals surface area contributed by atoms with Crippen molar-refractivity contribution in [1.82, 2.24) is 4.90 Å². The van der Waals surface area contributed by atoms with Gasteiger partial charge in [-0.1, -0.05) is 72.8 Å². The molecule has 4 aromatic rings. The predicted octanol–water partition coefficient (Wildman–Crippen LogP) is 7.35. The third-order valence-corrected chi connectivity index (χ3v) is 6.33. The molecule has 2 amide bonds. The fourth-order valence-corrected chi connectivity index (χ4v) is 4.39. The molecule has 4 rings (SSSR count). The zero-order chi connectivity index (χ0) is 25.9. The van der Waals surface area contributed by atoms with Gasteiger partial charge in [-0.2, -0.15) is 0 Å². The molecule has 0 aromatic heterocycles. The van der Waals surface area contributed by atoms with E-state index in [1.807, 2.05) is 72.5 Å². The van der Waals surface area contributed by atoms with Gasteiger partial charge in [0.05, 0.1) is 13.7 Å². The highest BCUT2D eigenvalue weighted by molar-refractivity contribution is 5.89. The molecule has 0 unspecified atom stereocenters. The van der Waals surface area contributed by atoms with E-state index in [0.29, 0.717) is 19.7 Å². The van der Waals surface area contributed by atoms with Crippen LogP contribution in [0, 0.1) is 0 Å². The number of hydrogen-bond donors (Lipinski definition) is 1. The van der Waals surface area contributed by atoms with Gasteiger partial charge in [0.2, 0.25) is 0 Å². The number of methoxy groups -OCH3 is 1. The van der Waals surface area contributed by atoms with Gasteiger partial charge in [-0.15, -0.1) is 0 Å². The minimum absolute atomic E-state index is 0.140. The second kappa shape index (κ2) is 13.2. The van der Waals surface area contributed by atoms with Crippen LogP contribution in [0.2, 0.25) is 0 Å². The van der Waals surface area contributed by atoms with E-state index < -0.39 is 0 Å². The minimum Gasteiger partial charge on any atom is -0.497 e. The maximum atomic E-state index is 13.5. The molecule has 0 saturated carbocycles. The minimum atomic E-state index is -0.140. The van der Waals surface area contributed by atoms with Gasteiger partial charge in [-0.3, -0.25) is 0 Å². The first-order chi connectivity index (χ1) is 18.2. The van der Waals surface area contributed by atoms with Crippen LogP contribution >= 0.6 is 0 Å². The highest BCUT2D eigenvalue weighted by Gasteiger charge is 2.20. The third-order valence-electron chi connectivity index (χ3n) is 6.33. The van der Waals surface area contributed by atoms with Crippen molar-refractivity contribution in [1.29, 1.82) is 0 Å². The van der Waals surface area contributed by atoms with Crippen molar-refractivity contribution >= 4 is 11.7 Å². The summed E-state index contributed by atoms with van der Waals surface area (Å²) in [4.78, 5) is 15.4. The number of urea groups is 1. The Morgan fingerprint density at radius 1 is 0.784 bits per heavy atom. The van der Waals surface area contributed by atoms with E-state index in [1.54, 1.807) is 7.11 Å². The van der Waals surface area contributed by atoms with Gasteiger partial charge in [-0.05, 0) is 66.4 Å². The van der Waals surface area contributed by atoms with Crippen LogP contribution in [0.25, 0.3) is 0 Å². The maximum Gasteiger partial charge on any atom is 0.322 e. The number of nitrogens with zero attached hydrogens (tertiary/aromatic N) is 1. The lowest BCUT2D eigenvalue weighted by atomic mass is 9.88. The molecular weight excluding hydrogens is 460 g/mol. The van der Waals surface area contributed by atoms with Crippen LogP contribution in [-0.4, -0.2) is 31.2 Å². The number of carbonyl (C=O) groups is 1. The largest absolute Gasteiger partial charge is 0.497 e. The van der Waals surface area contributed by atoms with E-state index in [0.717, 1.165) is 29.2 Å². The van der Waals surface area contributed by atoms with Crippen LogP contribution in [-0.2, 0) is 6.54 Å². The first-order valence-corrected chi connectivity index (χ1v) is 12.7. The highest BCUT2D eigenvalue weighted by atomic mass is 16.5. The molecule has 1 N–H and O–H groups in total. The second-order valence-electron chi connectivity index (χ2n) is 8.82. The molecule has 190 valence electrons. The van der Waals surface area contributed by atoms with Crippen molar-refractivity contribution < 1.29 is 14.3 Å². The molecule has 0 spiro atoms. The van der Waals surface area contributed by atoms with Gasteiger partial charge in [0.15, 0.2) is 0 Å². The standard InChI is InChI=1S/C32H34N2O3/c1-3-37-30-18-14-25(15-19-30)24-34(32(35)33-28-16-20-29(36-2)21-17-28)23-22-31(26-10-6-4-7-11-26)27-12-8-5-9-13-27/h4-21,31H,3,22-24H2,1-2H3,(H,33,35). The van der Waals surface area contributed by atoms with E-state index >= 15 is 0 Å². The Kier molecular flexibility index (Phi) is 9.19. The lowest BCUT2D eigenvalue weighted by Crippen LogP contribution is -2.36. The average Bonchev–Trinajstić information content (AvgIpc) is 2.95. The Morgan fingerprint density at radius 2 is 1.35 bits per heavy atom. The van der Waals surface area contributed by atoms with Gasteiger partial charge in [0.1, 0.15) is 11.5 Å². The number of rotatable bonds is 11. The summed E-state index contributed by atoms with van der Waals surface area (Å²) in [6, 6.07) is 36.2. The second-order valence-corrected chi connectivity index (χ2v) is 8.82. The molecule has 0 bridgehead atoms. The van der Waals surface area contributed by atoms with E-state index in [-0.39, 0.29) is 11.9 Å². The topological polar surface area (TPSA) is 50.8 Å². The number of anilines is 1. The molecule has 0 fully saturated rings. The lowest BCUT2D eigenvalue weighted by molar-refractivity contribution is 0.207. The van der Waals surface area contributed by atoms with Crippen molar-refractivity contribution in [2.24, 2.45) is 0 Å². The normalized spacial score (nSPS) is 10.7. The molecule has 5 heteroatoms. The molecule has 0 saturated heterocycles. The average molecular weight is 495 g/mol. The van der Waals surface area contributed by atoms with Crippen LogP contribution in [0.5, 0.6) is 11.5 Å². The van der Waals surface area contributed by atoms with Crippen LogP contribution in [0.1, 0.15) is 36.0 Å². The summed E-state index contributed by atoms with van der Waals surface area (Å²) in [5, 5.41) is 3.06. The number of amides is 2. The number of carbonyl (C=O) groups excluding carboxylic acids is 1. The van der Waals surface area contributed by atoms with Crippen LogP contribution in [0.4, 0.5) is 10.5 Å². The van der Waals surface area contributed by atoms with Crippen molar-refractivity contribution in [3.05, 3.63) is 126 Å². The van der Waals surface area contributed by atoms with Crippen molar-refractivity contribution in [3.63, 3.8) is 0 Å². The summed E-state index contributed by atoms with van der Waals surface area (Å²) in [5.41, 5.74) is 4.25. The Hall–Kier alpha value is -4.25. The number of nitrogens with one attached hydrogen (secondary N) is 1. The summed E-state index contributed by atoms with van der Waals surface area (Å²) >= 11 is 0. The summed E-state index contributed by atoms with van der Waals surface area (Å²) in [7, 11) is 1.63. The summed E-state index contributed by atoms with van der Waals surface area (Å²) in [6.07, 6.45) is 0.793. The highest BCUT2D eigenvalue weighted by Crippen LogP contribution is 2.29. The molecule has 0 aliphatic heterocycles.